The third-order valence-electron chi connectivity index (χ3n) is 2.37. The van der Waals surface area contributed by atoms with Crippen LogP contribution in [0.1, 0.15) is 11.3 Å². The molecule has 0 bridgehead atoms. The van der Waals surface area contributed by atoms with E-state index < -0.39 is 0 Å². The summed E-state index contributed by atoms with van der Waals surface area (Å²) in [5, 5.41) is 11.7. The number of anilines is 2. The smallest absolute Gasteiger partial charge is 0.146 e. The van der Waals surface area contributed by atoms with Crippen LogP contribution in [0.15, 0.2) is 36.5 Å². The molecule has 1 heterocycles. The van der Waals surface area contributed by atoms with Crippen LogP contribution in [0.5, 0.6) is 0 Å². The average molecular weight is 227 g/mol. The molecule has 0 saturated carbocycles. The maximum atomic E-state index is 13.6. The summed E-state index contributed by atoms with van der Waals surface area (Å²) in [7, 11) is 0. The fraction of sp³-hybridized carbons (Fsp3) is 0.0769. The highest BCUT2D eigenvalue weighted by molar-refractivity contribution is 5.64. The second-order valence-corrected chi connectivity index (χ2v) is 3.60. The van der Waals surface area contributed by atoms with Gasteiger partial charge in [0.2, 0.25) is 0 Å². The molecular formula is C13H10FN3. The lowest BCUT2D eigenvalue weighted by atomic mass is 10.2. The first-order chi connectivity index (χ1) is 8.20. The van der Waals surface area contributed by atoms with Crippen molar-refractivity contribution in [3.05, 3.63) is 53.6 Å². The van der Waals surface area contributed by atoms with Crippen molar-refractivity contribution in [2.24, 2.45) is 0 Å². The van der Waals surface area contributed by atoms with Crippen LogP contribution in [0.3, 0.4) is 0 Å². The molecule has 4 heteroatoms. The molecule has 2 aromatic rings. The summed E-state index contributed by atoms with van der Waals surface area (Å²) in [6.07, 6.45) is 1.51. The Hall–Kier alpha value is -2.41. The maximum Gasteiger partial charge on any atom is 0.146 e. The molecule has 0 fully saturated rings. The lowest BCUT2D eigenvalue weighted by molar-refractivity contribution is 0.631. The first kappa shape index (κ1) is 11.1. The summed E-state index contributed by atoms with van der Waals surface area (Å²) in [5.74, 6) is -0.319. The van der Waals surface area contributed by atoms with E-state index in [0.717, 1.165) is 5.56 Å². The number of aromatic nitrogens is 1. The molecule has 84 valence electrons. The van der Waals surface area contributed by atoms with Crippen LogP contribution < -0.4 is 5.32 Å². The number of nitriles is 1. The zero-order valence-corrected chi connectivity index (χ0v) is 9.24. The first-order valence-electron chi connectivity index (χ1n) is 5.09. The second-order valence-electron chi connectivity index (χ2n) is 3.60. The molecule has 3 nitrogen and oxygen atoms in total. The molecule has 0 aliphatic rings. The second kappa shape index (κ2) is 4.62. The van der Waals surface area contributed by atoms with Gasteiger partial charge in [-0.05, 0) is 30.7 Å². The van der Waals surface area contributed by atoms with Crippen molar-refractivity contribution in [3.63, 3.8) is 0 Å². The maximum absolute atomic E-state index is 13.6. The fourth-order valence-electron chi connectivity index (χ4n) is 1.50. The van der Waals surface area contributed by atoms with Gasteiger partial charge in [-0.3, -0.25) is 0 Å². The van der Waals surface area contributed by atoms with Gasteiger partial charge < -0.3 is 5.32 Å². The Kier molecular flexibility index (Phi) is 3.01. The Morgan fingerprint density at radius 1 is 1.35 bits per heavy atom. The van der Waals surface area contributed by atoms with E-state index in [1.165, 1.54) is 12.3 Å². The van der Waals surface area contributed by atoms with E-state index in [4.69, 9.17) is 5.26 Å². The Morgan fingerprint density at radius 2 is 2.18 bits per heavy atom. The van der Waals surface area contributed by atoms with Crippen LogP contribution in [0.4, 0.5) is 15.8 Å². The van der Waals surface area contributed by atoms with Crippen molar-refractivity contribution in [2.75, 3.05) is 5.32 Å². The van der Waals surface area contributed by atoms with Crippen molar-refractivity contribution < 1.29 is 4.39 Å². The van der Waals surface area contributed by atoms with Gasteiger partial charge in [-0.15, -0.1) is 0 Å². The number of hydrogen-bond donors (Lipinski definition) is 1. The quantitative estimate of drug-likeness (QED) is 0.857. The van der Waals surface area contributed by atoms with Crippen molar-refractivity contribution in [1.29, 1.82) is 5.26 Å². The number of hydrogen-bond acceptors (Lipinski definition) is 3. The van der Waals surface area contributed by atoms with Gasteiger partial charge in [-0.1, -0.05) is 12.1 Å². The third-order valence-corrected chi connectivity index (χ3v) is 2.37. The molecule has 17 heavy (non-hydrogen) atoms. The lowest BCUT2D eigenvalue weighted by Crippen LogP contribution is -1.97. The van der Waals surface area contributed by atoms with Crippen molar-refractivity contribution in [1.82, 2.24) is 4.98 Å². The van der Waals surface area contributed by atoms with Crippen LogP contribution in [0, 0.1) is 24.1 Å². The zero-order valence-electron chi connectivity index (χ0n) is 9.24. The molecule has 0 saturated heterocycles. The minimum absolute atomic E-state index is 0.295. The summed E-state index contributed by atoms with van der Waals surface area (Å²) in [4.78, 5) is 3.85. The van der Waals surface area contributed by atoms with E-state index in [2.05, 4.69) is 10.3 Å². The number of rotatable bonds is 2. The van der Waals surface area contributed by atoms with E-state index in [1.807, 2.05) is 19.1 Å². The Morgan fingerprint density at radius 3 is 2.88 bits per heavy atom. The molecule has 0 unspecified atom stereocenters. The number of halogens is 1. The predicted molar refractivity (Wildman–Crippen MR) is 63.4 cm³/mol. The molecule has 0 spiro atoms. The van der Waals surface area contributed by atoms with Gasteiger partial charge in [0.15, 0.2) is 0 Å². The van der Waals surface area contributed by atoms with E-state index in [1.54, 1.807) is 18.2 Å². The van der Waals surface area contributed by atoms with Crippen LogP contribution in [0.2, 0.25) is 0 Å². The fourth-order valence-corrected chi connectivity index (χ4v) is 1.50. The number of aryl methyl sites for hydroxylation is 1. The average Bonchev–Trinajstić information content (AvgIpc) is 2.34. The number of para-hydroxylation sites is 1. The van der Waals surface area contributed by atoms with Gasteiger partial charge in [-0.25, -0.2) is 9.37 Å². The van der Waals surface area contributed by atoms with Gasteiger partial charge in [0.05, 0.1) is 5.69 Å². The summed E-state index contributed by atoms with van der Waals surface area (Å²) in [5.41, 5.74) is 2.16. The standard InChI is InChI=1S/C13H10FN3/c1-9-3-2-4-12(14)13(9)17-10-5-6-16-11(7-10)8-15/h2-7H,1H3,(H,16,17). The van der Waals surface area contributed by atoms with Crippen LogP contribution in [-0.4, -0.2) is 4.98 Å². The van der Waals surface area contributed by atoms with Crippen LogP contribution in [0.25, 0.3) is 0 Å². The van der Waals surface area contributed by atoms with Crippen molar-refractivity contribution >= 4 is 11.4 Å². The van der Waals surface area contributed by atoms with Gasteiger partial charge >= 0.3 is 0 Å². The molecule has 1 aromatic carbocycles. The topological polar surface area (TPSA) is 48.7 Å². The number of nitrogens with one attached hydrogen (secondary N) is 1. The number of nitrogens with zero attached hydrogens (tertiary/aromatic N) is 2. The zero-order chi connectivity index (χ0) is 12.3. The molecule has 1 aromatic heterocycles. The van der Waals surface area contributed by atoms with Gasteiger partial charge in [0.1, 0.15) is 17.6 Å². The van der Waals surface area contributed by atoms with E-state index in [-0.39, 0.29) is 5.82 Å². The van der Waals surface area contributed by atoms with Crippen molar-refractivity contribution in [2.45, 2.75) is 6.92 Å². The summed E-state index contributed by atoms with van der Waals surface area (Å²) in [6, 6.07) is 10.1. The SMILES string of the molecule is Cc1cccc(F)c1Nc1ccnc(C#N)c1. The summed E-state index contributed by atoms with van der Waals surface area (Å²) >= 11 is 0. The molecule has 0 aliphatic heterocycles. The molecule has 0 atom stereocenters. The van der Waals surface area contributed by atoms with Gasteiger partial charge in [-0.2, -0.15) is 5.26 Å². The number of benzene rings is 1. The minimum Gasteiger partial charge on any atom is -0.353 e. The van der Waals surface area contributed by atoms with Crippen LogP contribution >= 0.6 is 0 Å². The van der Waals surface area contributed by atoms with Crippen LogP contribution in [-0.2, 0) is 0 Å². The van der Waals surface area contributed by atoms with E-state index in [0.29, 0.717) is 17.1 Å². The van der Waals surface area contributed by atoms with Crippen molar-refractivity contribution in [3.8, 4) is 6.07 Å². The minimum atomic E-state index is -0.319. The molecule has 2 rings (SSSR count). The first-order valence-corrected chi connectivity index (χ1v) is 5.09. The highest BCUT2D eigenvalue weighted by atomic mass is 19.1. The molecule has 1 N–H and O–H groups in total. The molecule has 0 amide bonds. The molecule has 0 aliphatic carbocycles. The molecule has 0 radical (unpaired) electrons. The lowest BCUT2D eigenvalue weighted by Gasteiger charge is -2.10. The van der Waals surface area contributed by atoms with Gasteiger partial charge in [0, 0.05) is 11.9 Å². The highest BCUT2D eigenvalue weighted by Gasteiger charge is 2.05. The largest absolute Gasteiger partial charge is 0.353 e. The van der Waals surface area contributed by atoms with E-state index in [9.17, 15) is 4.39 Å². The van der Waals surface area contributed by atoms with E-state index >= 15 is 0 Å². The Labute approximate surface area is 98.5 Å². The monoisotopic (exact) mass is 227 g/mol. The Balaban J connectivity index is 2.35. The highest BCUT2D eigenvalue weighted by Crippen LogP contribution is 2.23. The predicted octanol–water partition coefficient (Wildman–Crippen LogP) is 3.14. The normalized spacial score (nSPS) is 9.71. The van der Waals surface area contributed by atoms with Gasteiger partial charge in [0.25, 0.3) is 0 Å². The Bertz CT molecular complexity index is 567. The summed E-state index contributed by atoms with van der Waals surface area (Å²) in [6.45, 7) is 1.82. The molecular weight excluding hydrogens is 217 g/mol. The summed E-state index contributed by atoms with van der Waals surface area (Å²) < 4.78 is 13.6. The third kappa shape index (κ3) is 2.40. The number of pyridine rings is 1.